The molecule has 100 valence electrons. The van der Waals surface area contributed by atoms with Gasteiger partial charge in [0.25, 0.3) is 0 Å². The fourth-order valence-electron chi connectivity index (χ4n) is 0.569. The van der Waals surface area contributed by atoms with Gasteiger partial charge in [-0.15, -0.1) is 0 Å². The van der Waals surface area contributed by atoms with Gasteiger partial charge in [-0.25, -0.2) is 15.4 Å². The average Bonchev–Trinajstić information content (AvgIpc) is 2.27. The highest BCUT2D eigenvalue weighted by atomic mass is 16.4. The molecule has 9 heteroatoms. The lowest BCUT2D eigenvalue weighted by Gasteiger charge is -2.07. The summed E-state index contributed by atoms with van der Waals surface area (Å²) in [6.07, 6.45) is -3.16. The van der Waals surface area contributed by atoms with E-state index in [-0.39, 0.29) is 5.91 Å². The van der Waals surface area contributed by atoms with Crippen LogP contribution in [0.25, 0.3) is 0 Å². The molecule has 0 aromatic rings. The Labute approximate surface area is 96.8 Å². The number of aliphatic carboxylic acids is 2. The van der Waals surface area contributed by atoms with Crippen LogP contribution in [0.1, 0.15) is 19.8 Å². The number of carboxylic acid groups (broad SMARTS) is 2. The first-order valence-corrected chi connectivity index (χ1v) is 4.59. The average molecular weight is 252 g/mol. The van der Waals surface area contributed by atoms with Crippen molar-refractivity contribution < 1.29 is 34.8 Å². The second-order valence-corrected chi connectivity index (χ2v) is 2.88. The molecule has 2 unspecified atom stereocenters. The van der Waals surface area contributed by atoms with Crippen LogP contribution in [0.15, 0.2) is 0 Å². The van der Waals surface area contributed by atoms with Crippen molar-refractivity contribution >= 4 is 17.8 Å². The van der Waals surface area contributed by atoms with Gasteiger partial charge in [0.15, 0.2) is 12.2 Å². The molecule has 0 aromatic carbocycles. The molecule has 0 saturated heterocycles. The number of nitrogens with two attached hydrogens (primary N) is 1. The van der Waals surface area contributed by atoms with E-state index in [4.69, 9.17) is 26.3 Å². The number of hydrazine groups is 1. The maximum atomic E-state index is 10.2. The summed E-state index contributed by atoms with van der Waals surface area (Å²) in [5.41, 5.74) is 2.03. The zero-order chi connectivity index (χ0) is 14.0. The monoisotopic (exact) mass is 252 g/mol. The Balaban J connectivity index is 0. The van der Waals surface area contributed by atoms with E-state index in [2.05, 4.69) is 0 Å². The fourth-order valence-corrected chi connectivity index (χ4v) is 0.569. The van der Waals surface area contributed by atoms with E-state index in [0.29, 0.717) is 6.42 Å². The van der Waals surface area contributed by atoms with Gasteiger partial charge in [-0.3, -0.25) is 10.2 Å². The number of nitrogens with one attached hydrogen (secondary N) is 1. The largest absolute Gasteiger partial charge is 0.479 e. The van der Waals surface area contributed by atoms with Crippen LogP contribution >= 0.6 is 0 Å². The molecule has 0 heterocycles. The normalized spacial score (nSPS) is 12.7. The zero-order valence-electron chi connectivity index (χ0n) is 9.16. The first-order valence-electron chi connectivity index (χ1n) is 4.59. The topological polar surface area (TPSA) is 170 Å². The number of hydrogen-bond acceptors (Lipinski definition) is 6. The van der Waals surface area contributed by atoms with Gasteiger partial charge in [0, 0.05) is 6.42 Å². The Morgan fingerprint density at radius 1 is 1.12 bits per heavy atom. The molecular weight excluding hydrogens is 236 g/mol. The molecule has 0 aliphatic rings. The third kappa shape index (κ3) is 9.23. The highest BCUT2D eigenvalue weighted by Crippen LogP contribution is 1.92. The van der Waals surface area contributed by atoms with Gasteiger partial charge in [-0.05, 0) is 6.42 Å². The van der Waals surface area contributed by atoms with Crippen LogP contribution in [0.3, 0.4) is 0 Å². The van der Waals surface area contributed by atoms with Crippen molar-refractivity contribution in [2.75, 3.05) is 0 Å². The SMILES string of the molecule is CCCC(=O)NN.O=C(O)C(O)C(O)C(=O)O. The van der Waals surface area contributed by atoms with E-state index >= 15 is 0 Å². The summed E-state index contributed by atoms with van der Waals surface area (Å²) in [5, 5.41) is 32.5. The molecular formula is C8H16N2O7. The first-order chi connectivity index (χ1) is 7.77. The lowest BCUT2D eigenvalue weighted by molar-refractivity contribution is -0.165. The van der Waals surface area contributed by atoms with Gasteiger partial charge >= 0.3 is 11.9 Å². The molecule has 0 spiro atoms. The predicted molar refractivity (Wildman–Crippen MR) is 54.5 cm³/mol. The number of aliphatic hydroxyl groups excluding tert-OH is 2. The number of rotatable bonds is 5. The molecule has 2 atom stereocenters. The van der Waals surface area contributed by atoms with E-state index in [9.17, 15) is 14.4 Å². The molecule has 0 fully saturated rings. The summed E-state index contributed by atoms with van der Waals surface area (Å²) in [6.45, 7) is 1.93. The number of amides is 1. The number of carbonyl (C=O) groups is 3. The second-order valence-electron chi connectivity index (χ2n) is 2.88. The maximum absolute atomic E-state index is 10.2. The van der Waals surface area contributed by atoms with Crippen molar-refractivity contribution in [1.29, 1.82) is 0 Å². The van der Waals surface area contributed by atoms with Crippen LogP contribution in [-0.2, 0) is 14.4 Å². The van der Waals surface area contributed by atoms with Gasteiger partial charge in [0.2, 0.25) is 5.91 Å². The molecule has 7 N–H and O–H groups in total. The summed E-state index contributed by atoms with van der Waals surface area (Å²) < 4.78 is 0. The fraction of sp³-hybridized carbons (Fsp3) is 0.625. The van der Waals surface area contributed by atoms with Gasteiger partial charge in [-0.2, -0.15) is 0 Å². The standard InChI is InChI=1S/C4H10N2O.C4H6O6/c1-2-3-4(7)6-5;5-1(3(7)8)2(6)4(9)10/h2-3,5H2,1H3,(H,6,7);1-2,5-6H,(H,7,8)(H,9,10). The number of aliphatic hydroxyl groups is 2. The molecule has 0 saturated carbocycles. The quantitative estimate of drug-likeness (QED) is 0.179. The van der Waals surface area contributed by atoms with Crippen LogP contribution in [0.5, 0.6) is 0 Å². The number of carbonyl (C=O) groups excluding carboxylic acids is 1. The molecule has 0 aliphatic carbocycles. The molecule has 0 rings (SSSR count). The highest BCUT2D eigenvalue weighted by molar-refractivity contribution is 5.83. The Morgan fingerprint density at radius 3 is 1.59 bits per heavy atom. The van der Waals surface area contributed by atoms with Crippen molar-refractivity contribution in [3.63, 3.8) is 0 Å². The smallest absolute Gasteiger partial charge is 0.335 e. The highest BCUT2D eigenvalue weighted by Gasteiger charge is 2.29. The van der Waals surface area contributed by atoms with Crippen LogP contribution < -0.4 is 11.3 Å². The van der Waals surface area contributed by atoms with Crippen LogP contribution in [0.4, 0.5) is 0 Å². The lowest BCUT2D eigenvalue weighted by atomic mass is 10.2. The lowest BCUT2D eigenvalue weighted by Crippen LogP contribution is -2.39. The Kier molecular flexibility index (Phi) is 9.89. The number of hydrogen-bond donors (Lipinski definition) is 6. The molecule has 0 aliphatic heterocycles. The number of carboxylic acids is 2. The van der Waals surface area contributed by atoms with E-state index in [0.717, 1.165) is 6.42 Å². The van der Waals surface area contributed by atoms with Crippen LogP contribution in [-0.4, -0.2) is 50.5 Å². The van der Waals surface area contributed by atoms with Gasteiger partial charge in [0.1, 0.15) is 0 Å². The molecule has 1 amide bonds. The Morgan fingerprint density at radius 2 is 1.47 bits per heavy atom. The van der Waals surface area contributed by atoms with Crippen LogP contribution in [0, 0.1) is 0 Å². The summed E-state index contributed by atoms with van der Waals surface area (Å²) in [6, 6.07) is 0. The predicted octanol–water partition coefficient (Wildman–Crippen LogP) is -2.35. The molecule has 0 radical (unpaired) electrons. The van der Waals surface area contributed by atoms with Crippen molar-refractivity contribution in [2.45, 2.75) is 32.0 Å². The molecule has 0 bridgehead atoms. The van der Waals surface area contributed by atoms with E-state index in [1.54, 1.807) is 0 Å². The first kappa shape index (κ1) is 17.7. The van der Waals surface area contributed by atoms with Crippen molar-refractivity contribution in [3.8, 4) is 0 Å². The minimum atomic E-state index is -2.27. The molecule has 17 heavy (non-hydrogen) atoms. The molecule has 0 aromatic heterocycles. The van der Waals surface area contributed by atoms with Crippen molar-refractivity contribution in [2.24, 2.45) is 5.84 Å². The van der Waals surface area contributed by atoms with Crippen LogP contribution in [0.2, 0.25) is 0 Å². The van der Waals surface area contributed by atoms with E-state index in [1.165, 1.54) is 0 Å². The van der Waals surface area contributed by atoms with Crippen molar-refractivity contribution in [1.82, 2.24) is 5.43 Å². The summed E-state index contributed by atoms with van der Waals surface area (Å²) in [4.78, 5) is 29.7. The molecule has 9 nitrogen and oxygen atoms in total. The Hall–Kier alpha value is -1.71. The minimum absolute atomic E-state index is 0.0949. The van der Waals surface area contributed by atoms with E-state index in [1.807, 2.05) is 12.3 Å². The zero-order valence-corrected chi connectivity index (χ0v) is 9.16. The van der Waals surface area contributed by atoms with Crippen molar-refractivity contribution in [3.05, 3.63) is 0 Å². The summed E-state index contributed by atoms with van der Waals surface area (Å²) >= 11 is 0. The van der Waals surface area contributed by atoms with E-state index < -0.39 is 24.1 Å². The third-order valence-corrected chi connectivity index (χ3v) is 1.44. The maximum Gasteiger partial charge on any atom is 0.335 e. The minimum Gasteiger partial charge on any atom is -0.479 e. The Bertz CT molecular complexity index is 251. The van der Waals surface area contributed by atoms with Gasteiger partial charge in [-0.1, -0.05) is 6.92 Å². The second kappa shape index (κ2) is 9.51. The third-order valence-electron chi connectivity index (χ3n) is 1.44. The summed E-state index contributed by atoms with van der Waals surface area (Å²) in [5.74, 6) is 1.13. The summed E-state index contributed by atoms with van der Waals surface area (Å²) in [7, 11) is 0. The van der Waals surface area contributed by atoms with Gasteiger partial charge in [0.05, 0.1) is 0 Å². The van der Waals surface area contributed by atoms with Gasteiger partial charge < -0.3 is 20.4 Å².